The van der Waals surface area contributed by atoms with Crippen LogP contribution in [0.1, 0.15) is 55.7 Å². The van der Waals surface area contributed by atoms with Crippen LogP contribution in [0.4, 0.5) is 0 Å². The number of nitrogens with zero attached hydrogens (tertiary/aromatic N) is 2. The monoisotopic (exact) mass is 440 g/mol. The lowest BCUT2D eigenvalue weighted by Crippen LogP contribution is -2.33. The van der Waals surface area contributed by atoms with Crippen molar-refractivity contribution in [2.75, 3.05) is 0 Å². The zero-order chi connectivity index (χ0) is 22.8. The Labute approximate surface area is 188 Å². The Balaban J connectivity index is 1.24. The van der Waals surface area contributed by atoms with Crippen molar-refractivity contribution in [3.8, 4) is 6.07 Å². The maximum absolute atomic E-state index is 12.8. The van der Waals surface area contributed by atoms with Gasteiger partial charge < -0.3 is 10.6 Å². The molecule has 2 aromatic heterocycles. The molecular formula is C24H20N6O3+2. The number of hydrogen-bond acceptors (Lipinski definition) is 5. The van der Waals surface area contributed by atoms with Gasteiger partial charge in [-0.2, -0.15) is 5.26 Å². The first kappa shape index (κ1) is 20.3. The molecule has 0 bridgehead atoms. The molecular weight excluding hydrogens is 420 g/mol. The van der Waals surface area contributed by atoms with Crippen molar-refractivity contribution < 1.29 is 24.3 Å². The third-order valence-electron chi connectivity index (χ3n) is 5.75. The fraction of sp³-hybridized carbons (Fsp3) is 0.167. The van der Waals surface area contributed by atoms with Gasteiger partial charge in [-0.05, 0) is 63.9 Å². The number of carbonyl (C=O) groups excluding carboxylic acids is 2. The summed E-state index contributed by atoms with van der Waals surface area (Å²) in [6.45, 7) is 0.292. The van der Waals surface area contributed by atoms with Crippen molar-refractivity contribution in [1.82, 2.24) is 15.6 Å². The molecule has 0 spiro atoms. The van der Waals surface area contributed by atoms with Crippen molar-refractivity contribution in [3.63, 3.8) is 0 Å². The lowest BCUT2D eigenvalue weighted by atomic mass is 10.1. The summed E-state index contributed by atoms with van der Waals surface area (Å²) in [5.74, 6) is -0.715. The van der Waals surface area contributed by atoms with Gasteiger partial charge in [0.2, 0.25) is 17.5 Å². The molecule has 0 aliphatic heterocycles. The van der Waals surface area contributed by atoms with E-state index in [1.165, 1.54) is 12.4 Å². The largest absolute Gasteiger partial charge is 0.345 e. The minimum Gasteiger partial charge on any atom is -0.345 e. The van der Waals surface area contributed by atoms with E-state index in [1.54, 1.807) is 12.3 Å². The van der Waals surface area contributed by atoms with Gasteiger partial charge in [0.05, 0.1) is 23.1 Å². The molecule has 9 nitrogen and oxygen atoms in total. The third kappa shape index (κ3) is 4.14. The van der Waals surface area contributed by atoms with E-state index in [9.17, 15) is 9.59 Å². The van der Waals surface area contributed by atoms with Crippen LogP contribution < -0.4 is 20.8 Å². The number of aryl methyl sites for hydroxylation is 1. The summed E-state index contributed by atoms with van der Waals surface area (Å²) in [5.41, 5.74) is 4.65. The van der Waals surface area contributed by atoms with E-state index in [4.69, 9.17) is 9.78 Å². The van der Waals surface area contributed by atoms with Crippen LogP contribution in [0.3, 0.4) is 0 Å². The summed E-state index contributed by atoms with van der Waals surface area (Å²) in [7, 11) is 0. The number of aromatic amines is 2. The highest BCUT2D eigenvalue weighted by atomic mass is 16.5. The molecule has 0 saturated heterocycles. The molecule has 0 fully saturated rings. The fourth-order valence-corrected chi connectivity index (χ4v) is 4.04. The van der Waals surface area contributed by atoms with Crippen molar-refractivity contribution in [2.45, 2.75) is 25.4 Å². The molecule has 5 rings (SSSR count). The van der Waals surface area contributed by atoms with E-state index in [1.807, 2.05) is 30.3 Å². The predicted molar refractivity (Wildman–Crippen MR) is 114 cm³/mol. The van der Waals surface area contributed by atoms with Gasteiger partial charge in [-0.15, -0.1) is 0 Å². The SMILES string of the molecule is N#Cc1ccc2c(c1)CC[C@@H]2NC(=O)c1cc(C(=O)NCc2ccc3c[nH+]oc3c2)nc[nH+]1. The highest BCUT2D eigenvalue weighted by molar-refractivity contribution is 5.96. The third-order valence-corrected chi connectivity index (χ3v) is 5.75. The van der Waals surface area contributed by atoms with E-state index in [-0.39, 0.29) is 29.2 Å². The molecule has 1 aliphatic rings. The van der Waals surface area contributed by atoms with Gasteiger partial charge >= 0.3 is 0 Å². The van der Waals surface area contributed by atoms with Crippen LogP contribution in [-0.4, -0.2) is 16.8 Å². The Morgan fingerprint density at radius 2 is 2.09 bits per heavy atom. The molecule has 2 amide bonds. The molecule has 4 aromatic rings. The first-order chi connectivity index (χ1) is 16.1. The van der Waals surface area contributed by atoms with Crippen LogP contribution in [0.25, 0.3) is 11.0 Å². The highest BCUT2D eigenvalue weighted by Gasteiger charge is 2.26. The molecule has 0 radical (unpaired) electrons. The van der Waals surface area contributed by atoms with Crippen LogP contribution in [0.2, 0.25) is 0 Å². The van der Waals surface area contributed by atoms with Gasteiger partial charge in [0.25, 0.3) is 18.1 Å². The van der Waals surface area contributed by atoms with E-state index < -0.39 is 0 Å². The van der Waals surface area contributed by atoms with Crippen LogP contribution in [-0.2, 0) is 13.0 Å². The first-order valence-electron chi connectivity index (χ1n) is 10.5. The summed E-state index contributed by atoms with van der Waals surface area (Å²) in [4.78, 5) is 32.3. The second kappa shape index (κ2) is 8.51. The molecule has 1 aliphatic carbocycles. The number of nitriles is 1. The summed E-state index contributed by atoms with van der Waals surface area (Å²) < 4.78 is 5.27. The fourth-order valence-electron chi connectivity index (χ4n) is 4.04. The summed E-state index contributed by atoms with van der Waals surface area (Å²) in [6.07, 6.45) is 4.64. The van der Waals surface area contributed by atoms with E-state index in [0.29, 0.717) is 17.7 Å². The Hall–Kier alpha value is -4.58. The van der Waals surface area contributed by atoms with Crippen molar-refractivity contribution in [3.05, 3.63) is 88.6 Å². The Morgan fingerprint density at radius 1 is 1.18 bits per heavy atom. The summed E-state index contributed by atoms with van der Waals surface area (Å²) >= 11 is 0. The quantitative estimate of drug-likeness (QED) is 0.486. The van der Waals surface area contributed by atoms with Crippen molar-refractivity contribution in [1.29, 1.82) is 5.26 Å². The van der Waals surface area contributed by atoms with Gasteiger partial charge in [-0.25, -0.2) is 9.51 Å². The Morgan fingerprint density at radius 3 is 2.97 bits per heavy atom. The zero-order valence-electron chi connectivity index (χ0n) is 17.5. The van der Waals surface area contributed by atoms with Crippen LogP contribution in [0.5, 0.6) is 0 Å². The van der Waals surface area contributed by atoms with Gasteiger partial charge in [-0.1, -0.05) is 12.1 Å². The predicted octanol–water partition coefficient (Wildman–Crippen LogP) is 1.67. The zero-order valence-corrected chi connectivity index (χ0v) is 17.5. The molecule has 2 aromatic carbocycles. The van der Waals surface area contributed by atoms with Gasteiger partial charge in [0, 0.05) is 12.6 Å². The van der Waals surface area contributed by atoms with Gasteiger partial charge in [0.15, 0.2) is 5.69 Å². The minimum atomic E-state index is -0.389. The van der Waals surface area contributed by atoms with Gasteiger partial charge in [0.1, 0.15) is 0 Å². The number of aromatic nitrogens is 3. The Bertz CT molecular complexity index is 1420. The number of rotatable bonds is 5. The van der Waals surface area contributed by atoms with Crippen LogP contribution >= 0.6 is 0 Å². The average Bonchev–Trinajstić information content (AvgIpc) is 3.48. The number of amides is 2. The summed E-state index contributed by atoms with van der Waals surface area (Å²) in [6, 6.07) is 14.6. The topological polar surface area (TPSA) is 136 Å². The van der Waals surface area contributed by atoms with E-state index >= 15 is 0 Å². The molecule has 0 saturated carbocycles. The molecule has 2 heterocycles. The Kier molecular flexibility index (Phi) is 5.24. The second-order valence-corrected chi connectivity index (χ2v) is 7.86. The van der Waals surface area contributed by atoms with Crippen molar-refractivity contribution in [2.24, 2.45) is 0 Å². The lowest BCUT2D eigenvalue weighted by molar-refractivity contribution is -0.602. The van der Waals surface area contributed by atoms with Crippen LogP contribution in [0.15, 0.2) is 59.5 Å². The van der Waals surface area contributed by atoms with Gasteiger partial charge in [-0.3, -0.25) is 9.59 Å². The molecule has 1 atom stereocenters. The molecule has 0 unspecified atom stereocenters. The smallest absolute Gasteiger partial charge is 0.296 e. The number of fused-ring (bicyclic) bond motifs is 2. The number of nitrogens with one attached hydrogen (secondary N) is 4. The number of carbonyl (C=O) groups is 2. The van der Waals surface area contributed by atoms with Crippen LogP contribution in [0, 0.1) is 11.3 Å². The normalized spacial score (nSPS) is 14.5. The first-order valence-corrected chi connectivity index (χ1v) is 10.5. The minimum absolute atomic E-state index is 0.136. The maximum Gasteiger partial charge on any atom is 0.296 e. The van der Waals surface area contributed by atoms with E-state index in [0.717, 1.165) is 34.9 Å². The van der Waals surface area contributed by atoms with Crippen molar-refractivity contribution >= 4 is 22.8 Å². The molecule has 9 heteroatoms. The summed E-state index contributed by atoms with van der Waals surface area (Å²) in [5, 5.41) is 18.5. The standard InChI is InChI=1S/C24H18N6O3/c25-10-14-2-5-18-16(7-14)4-6-19(18)30-24(32)21-9-20(27-13-28-21)23(31)26-11-15-1-3-17-12-29-33-22(17)8-15/h1-3,5,7-9,12-13,19H,4,6,11H2,(H,26,31)(H,30,32)/p+2/t19-/m0/s1. The molecule has 4 N–H and O–H groups in total. The number of benzene rings is 2. The molecule has 162 valence electrons. The highest BCUT2D eigenvalue weighted by Crippen LogP contribution is 2.31. The maximum atomic E-state index is 12.8. The number of hydrogen-bond donors (Lipinski definition) is 2. The lowest BCUT2D eigenvalue weighted by Gasteiger charge is -2.13. The van der Waals surface area contributed by atoms with E-state index in [2.05, 4.69) is 31.8 Å². The molecule has 33 heavy (non-hydrogen) atoms. The second-order valence-electron chi connectivity index (χ2n) is 7.86. The average molecular weight is 440 g/mol. The number of H-pyrrole nitrogens is 2.